The summed E-state index contributed by atoms with van der Waals surface area (Å²) in [6.07, 6.45) is 3.89. The molecule has 1 N–H and O–H groups in total. The van der Waals surface area contributed by atoms with E-state index in [1.54, 1.807) is 22.8 Å². The molecule has 40 heavy (non-hydrogen) atoms. The summed E-state index contributed by atoms with van der Waals surface area (Å²) < 4.78 is 6.77. The van der Waals surface area contributed by atoms with Gasteiger partial charge < -0.3 is 14.6 Å². The number of nitrogens with zero attached hydrogens (tertiary/aromatic N) is 3. The quantitative estimate of drug-likeness (QED) is 0.218. The molecule has 0 atom stereocenters. The van der Waals surface area contributed by atoms with Crippen molar-refractivity contribution in [3.8, 4) is 0 Å². The second kappa shape index (κ2) is 13.6. The zero-order valence-electron chi connectivity index (χ0n) is 23.2. The Bertz CT molecular complexity index is 1360. The molecule has 0 aliphatic heterocycles. The summed E-state index contributed by atoms with van der Waals surface area (Å²) >= 11 is 12.5. The highest BCUT2D eigenvalue weighted by Gasteiger charge is 2.53. The number of amides is 2. The molecule has 4 rings (SSSR count). The van der Waals surface area contributed by atoms with Crippen molar-refractivity contribution in [2.75, 3.05) is 11.5 Å². The summed E-state index contributed by atoms with van der Waals surface area (Å²) in [4.78, 5) is 45.3. The fourth-order valence-corrected chi connectivity index (χ4v) is 4.61. The molecule has 2 aromatic carbocycles. The van der Waals surface area contributed by atoms with Crippen LogP contribution in [0.4, 0.5) is 11.6 Å². The lowest BCUT2D eigenvalue weighted by molar-refractivity contribution is -0.145. The number of aromatic nitrogens is 2. The molecule has 8 nitrogen and oxygen atoms in total. The van der Waals surface area contributed by atoms with Gasteiger partial charge in [-0.2, -0.15) is 0 Å². The van der Waals surface area contributed by atoms with Crippen LogP contribution in [0.5, 0.6) is 0 Å². The first-order chi connectivity index (χ1) is 19.2. The van der Waals surface area contributed by atoms with E-state index in [1.165, 1.54) is 17.2 Å². The first-order valence-corrected chi connectivity index (χ1v) is 13.9. The number of hydrogen-bond donors (Lipinski definition) is 1. The molecule has 0 radical (unpaired) electrons. The Hall–Kier alpha value is -3.62. The van der Waals surface area contributed by atoms with Gasteiger partial charge in [0.05, 0.1) is 18.3 Å². The van der Waals surface area contributed by atoms with Crippen LogP contribution in [0.1, 0.15) is 55.2 Å². The van der Waals surface area contributed by atoms with Gasteiger partial charge in [0, 0.05) is 16.6 Å². The molecule has 212 valence electrons. The van der Waals surface area contributed by atoms with Crippen LogP contribution in [0.15, 0.2) is 61.3 Å². The van der Waals surface area contributed by atoms with Crippen LogP contribution in [0, 0.1) is 6.92 Å². The highest BCUT2D eigenvalue weighted by atomic mass is 35.5. The third kappa shape index (κ3) is 7.11. The second-order valence-electron chi connectivity index (χ2n) is 9.13. The minimum Gasteiger partial charge on any atom is -0.460 e. The highest BCUT2D eigenvalue weighted by Crippen LogP contribution is 2.37. The van der Waals surface area contributed by atoms with Crippen LogP contribution in [0.25, 0.3) is 0 Å². The van der Waals surface area contributed by atoms with E-state index in [-0.39, 0.29) is 30.6 Å². The number of nitrogens with one attached hydrogen (secondary N) is 1. The average Bonchev–Trinajstić information content (AvgIpc) is 3.59. The van der Waals surface area contributed by atoms with Crippen LogP contribution in [-0.4, -0.2) is 39.5 Å². The summed E-state index contributed by atoms with van der Waals surface area (Å²) in [6.45, 7) is 11.7. The number of benzene rings is 2. The van der Waals surface area contributed by atoms with Crippen molar-refractivity contribution >= 4 is 52.6 Å². The zero-order valence-corrected chi connectivity index (χ0v) is 24.7. The second-order valence-corrected chi connectivity index (χ2v) is 10.0. The lowest BCUT2D eigenvalue weighted by atomic mass is 10.1. The number of carbonyl (C=O) groups is 3. The average molecular weight is 586 g/mol. The normalized spacial score (nSPS) is 12.9. The lowest BCUT2D eigenvalue weighted by Gasteiger charge is -2.24. The van der Waals surface area contributed by atoms with Gasteiger partial charge in [-0.15, -0.1) is 0 Å². The van der Waals surface area contributed by atoms with E-state index in [0.717, 1.165) is 11.1 Å². The molecule has 0 saturated heterocycles. The van der Waals surface area contributed by atoms with E-state index in [4.69, 9.17) is 27.9 Å². The van der Waals surface area contributed by atoms with Crippen molar-refractivity contribution in [1.29, 1.82) is 0 Å². The van der Waals surface area contributed by atoms with Crippen LogP contribution in [-0.2, 0) is 27.3 Å². The molecule has 3 aromatic rings. The Morgan fingerprint density at radius 1 is 1.12 bits per heavy atom. The Labute approximate surface area is 244 Å². The standard InChI is InChI=1S/C28H28Cl2N4O4.C2H6/c1-4-12-38-26(37)28(10-11-28)32-25(36)23-17-31-27(33(23)5-2)34(22-15-20(29)14-21(30)16-22)24(35)13-19-8-6-18(3)7-9-19;1-2/h4,6-9,14-17H,1,5,10-13H2,2-3H3,(H,32,36);1-2H3. The van der Waals surface area contributed by atoms with Gasteiger partial charge in [-0.25, -0.2) is 14.7 Å². The highest BCUT2D eigenvalue weighted by molar-refractivity contribution is 6.35. The largest absolute Gasteiger partial charge is 0.460 e. The fourth-order valence-electron chi connectivity index (χ4n) is 4.10. The Morgan fingerprint density at radius 2 is 1.75 bits per heavy atom. The number of ether oxygens (including phenoxy) is 1. The van der Waals surface area contributed by atoms with Gasteiger partial charge in [0.25, 0.3) is 5.91 Å². The van der Waals surface area contributed by atoms with E-state index in [2.05, 4.69) is 16.9 Å². The topological polar surface area (TPSA) is 93.5 Å². The predicted molar refractivity (Wildman–Crippen MR) is 158 cm³/mol. The number of anilines is 2. The Morgan fingerprint density at radius 3 is 2.30 bits per heavy atom. The van der Waals surface area contributed by atoms with Gasteiger partial charge in [-0.1, -0.05) is 79.5 Å². The van der Waals surface area contributed by atoms with Gasteiger partial charge in [0.1, 0.15) is 17.8 Å². The SMILES string of the molecule is C=CCOC(=O)C1(NC(=O)c2cnc(N(C(=O)Cc3ccc(C)cc3)c3cc(Cl)cc(Cl)c3)n2CC)CC1.CC. The fraction of sp³-hybridized carbons (Fsp3) is 0.333. The molecular formula is C30H34Cl2N4O4. The van der Waals surface area contributed by atoms with Gasteiger partial charge in [0.15, 0.2) is 0 Å². The minimum absolute atomic E-state index is 0.0632. The molecule has 1 aliphatic rings. The molecular weight excluding hydrogens is 551 g/mol. The summed E-state index contributed by atoms with van der Waals surface area (Å²) in [6, 6.07) is 12.5. The van der Waals surface area contributed by atoms with Crippen molar-refractivity contribution in [2.45, 2.75) is 59.0 Å². The maximum absolute atomic E-state index is 13.7. The molecule has 1 aliphatic carbocycles. The molecule has 1 fully saturated rings. The number of esters is 1. The van der Waals surface area contributed by atoms with Crippen molar-refractivity contribution in [1.82, 2.24) is 14.9 Å². The first kappa shape index (κ1) is 30.9. The lowest BCUT2D eigenvalue weighted by Crippen LogP contribution is -2.44. The number of aryl methyl sites for hydroxylation is 1. The van der Waals surface area contributed by atoms with Crippen LogP contribution < -0.4 is 10.2 Å². The van der Waals surface area contributed by atoms with Crippen molar-refractivity contribution in [3.63, 3.8) is 0 Å². The molecule has 10 heteroatoms. The van der Waals surface area contributed by atoms with Gasteiger partial charge in [-0.3, -0.25) is 9.59 Å². The number of rotatable bonds is 10. The van der Waals surface area contributed by atoms with Crippen molar-refractivity contribution < 1.29 is 19.1 Å². The van der Waals surface area contributed by atoms with E-state index in [0.29, 0.717) is 35.1 Å². The predicted octanol–water partition coefficient (Wildman–Crippen LogP) is 6.44. The minimum atomic E-state index is -1.06. The molecule has 0 unspecified atom stereocenters. The Balaban J connectivity index is 0.00000216. The number of imidazole rings is 1. The van der Waals surface area contributed by atoms with Crippen LogP contribution in [0.2, 0.25) is 10.0 Å². The summed E-state index contributed by atoms with van der Waals surface area (Å²) in [5.41, 5.74) is 1.45. The molecule has 1 aromatic heterocycles. The van der Waals surface area contributed by atoms with Crippen molar-refractivity contribution in [2.24, 2.45) is 0 Å². The molecule has 0 bridgehead atoms. The smallest absolute Gasteiger partial charge is 0.332 e. The van der Waals surface area contributed by atoms with Gasteiger partial charge >= 0.3 is 5.97 Å². The summed E-state index contributed by atoms with van der Waals surface area (Å²) in [5.74, 6) is -1.05. The maximum atomic E-state index is 13.7. The first-order valence-electron chi connectivity index (χ1n) is 13.2. The van der Waals surface area contributed by atoms with Gasteiger partial charge in [-0.05, 0) is 50.5 Å². The van der Waals surface area contributed by atoms with Gasteiger partial charge in [0.2, 0.25) is 11.9 Å². The molecule has 1 heterocycles. The molecule has 0 spiro atoms. The monoisotopic (exact) mass is 584 g/mol. The number of halogens is 2. The van der Waals surface area contributed by atoms with E-state index in [9.17, 15) is 14.4 Å². The third-order valence-electron chi connectivity index (χ3n) is 6.24. The summed E-state index contributed by atoms with van der Waals surface area (Å²) in [5, 5.41) is 3.50. The maximum Gasteiger partial charge on any atom is 0.332 e. The summed E-state index contributed by atoms with van der Waals surface area (Å²) in [7, 11) is 0. The molecule has 2 amide bonds. The Kier molecular flexibility index (Phi) is 10.5. The number of carbonyl (C=O) groups excluding carboxylic acids is 3. The van der Waals surface area contributed by atoms with Crippen molar-refractivity contribution in [3.05, 3.63) is 88.2 Å². The zero-order chi connectivity index (χ0) is 29.4. The van der Waals surface area contributed by atoms with E-state index < -0.39 is 17.4 Å². The van der Waals surface area contributed by atoms with Crippen LogP contribution >= 0.6 is 23.2 Å². The third-order valence-corrected chi connectivity index (χ3v) is 6.68. The van der Waals surface area contributed by atoms with E-state index in [1.807, 2.05) is 52.0 Å². The van der Waals surface area contributed by atoms with E-state index >= 15 is 0 Å². The van der Waals surface area contributed by atoms with Crippen LogP contribution in [0.3, 0.4) is 0 Å². The number of hydrogen-bond acceptors (Lipinski definition) is 5. The molecule has 1 saturated carbocycles.